The summed E-state index contributed by atoms with van der Waals surface area (Å²) >= 11 is 0. The summed E-state index contributed by atoms with van der Waals surface area (Å²) in [6, 6.07) is 0. The number of carbonyl (C=O) groups is 1. The molecule has 0 fully saturated rings. The lowest BCUT2D eigenvalue weighted by atomic mass is 10.5. The van der Waals surface area contributed by atoms with Gasteiger partial charge in [-0.05, 0) is 6.08 Å². The molecule has 0 saturated carbocycles. The Morgan fingerprint density at radius 1 is 1.38 bits per heavy atom. The molecule has 0 aromatic carbocycles. The van der Waals surface area contributed by atoms with Crippen LogP contribution in [0, 0.1) is 0 Å². The lowest BCUT2D eigenvalue weighted by Crippen LogP contribution is -1.84. The predicted molar refractivity (Wildman–Crippen MR) is 28.5 cm³/mol. The Morgan fingerprint density at radius 2 is 2.00 bits per heavy atom. The summed E-state index contributed by atoms with van der Waals surface area (Å²) in [6.45, 7) is 0. The molecule has 0 radical (unpaired) electrons. The van der Waals surface area contributed by atoms with E-state index in [1.807, 2.05) is 0 Å². The van der Waals surface area contributed by atoms with Gasteiger partial charge in [-0.25, -0.2) is 4.79 Å². The van der Waals surface area contributed by atoms with Crippen molar-refractivity contribution in [1.82, 2.24) is 0 Å². The van der Waals surface area contributed by atoms with E-state index in [1.165, 1.54) is 12.2 Å². The minimum absolute atomic E-state index is 0.763. The molecule has 3 nitrogen and oxygen atoms in total. The number of rotatable bonds is 2. The largest absolute Gasteiger partial charge is 0.516 e. The van der Waals surface area contributed by atoms with E-state index in [-0.39, 0.29) is 0 Å². The van der Waals surface area contributed by atoms with E-state index in [0.717, 1.165) is 12.3 Å². The average Bonchev–Trinajstić information content (AvgIpc) is 1.66. The van der Waals surface area contributed by atoms with Crippen molar-refractivity contribution in [2.75, 3.05) is 0 Å². The van der Waals surface area contributed by atoms with E-state index in [4.69, 9.17) is 10.2 Å². The summed E-state index contributed by atoms with van der Waals surface area (Å²) in [5.74, 6) is -1.02. The topological polar surface area (TPSA) is 57.5 Å². The molecule has 0 aromatic heterocycles. The molecule has 44 valence electrons. The van der Waals surface area contributed by atoms with Gasteiger partial charge in [-0.2, -0.15) is 0 Å². The van der Waals surface area contributed by atoms with E-state index in [0.29, 0.717) is 0 Å². The molecule has 8 heavy (non-hydrogen) atoms. The van der Waals surface area contributed by atoms with Crippen LogP contribution in [0.4, 0.5) is 0 Å². The van der Waals surface area contributed by atoms with E-state index in [1.54, 1.807) is 0 Å². The first-order valence-corrected chi connectivity index (χ1v) is 1.97. The van der Waals surface area contributed by atoms with Crippen LogP contribution in [0.1, 0.15) is 0 Å². The Balaban J connectivity index is 3.50. The highest BCUT2D eigenvalue weighted by Gasteiger charge is 1.78. The number of hydrogen-bond donors (Lipinski definition) is 2. The Labute approximate surface area is 46.6 Å². The van der Waals surface area contributed by atoms with Gasteiger partial charge in [-0.15, -0.1) is 0 Å². The molecule has 3 heteroatoms. The van der Waals surface area contributed by atoms with Crippen molar-refractivity contribution in [3.05, 3.63) is 24.5 Å². The molecule has 0 aliphatic heterocycles. The lowest BCUT2D eigenvalue weighted by molar-refractivity contribution is -0.131. The molecule has 0 amide bonds. The number of carboxylic acids is 1. The molecule has 0 aliphatic carbocycles. The Bertz CT molecular complexity index is 124. The van der Waals surface area contributed by atoms with Gasteiger partial charge in [-0.3, -0.25) is 0 Å². The third kappa shape index (κ3) is 4.75. The summed E-state index contributed by atoms with van der Waals surface area (Å²) in [7, 11) is 0. The van der Waals surface area contributed by atoms with Gasteiger partial charge in [0.25, 0.3) is 0 Å². The molecule has 0 atom stereocenters. The second kappa shape index (κ2) is 3.92. The molecule has 0 spiro atoms. The van der Waals surface area contributed by atoms with Crippen LogP contribution >= 0.6 is 0 Å². The first-order valence-electron chi connectivity index (χ1n) is 1.97. The second-order valence-electron chi connectivity index (χ2n) is 1.04. The minimum Gasteiger partial charge on any atom is -0.516 e. The number of allylic oxidation sites excluding steroid dienone is 2. The molecule has 0 aliphatic rings. The van der Waals surface area contributed by atoms with Crippen LogP contribution < -0.4 is 0 Å². The third-order valence-corrected chi connectivity index (χ3v) is 0.436. The number of aliphatic hydroxyl groups is 1. The molecule has 0 saturated heterocycles. The molecular formula is C5H6O3. The maximum atomic E-state index is 9.67. The standard InChI is InChI=1S/C5H6O3/c6-4-2-1-3-5(7)8/h1-4,6H,(H,7,8). The zero-order chi connectivity index (χ0) is 6.41. The SMILES string of the molecule is O=C(O)C=CC=CO. The zero-order valence-corrected chi connectivity index (χ0v) is 4.11. The summed E-state index contributed by atoms with van der Waals surface area (Å²) in [4.78, 5) is 9.67. The van der Waals surface area contributed by atoms with E-state index in [9.17, 15) is 4.79 Å². The summed E-state index contributed by atoms with van der Waals surface area (Å²) in [5, 5.41) is 15.9. The van der Waals surface area contributed by atoms with E-state index >= 15 is 0 Å². The second-order valence-corrected chi connectivity index (χ2v) is 1.04. The molecule has 0 unspecified atom stereocenters. The first kappa shape index (κ1) is 6.75. The predicted octanol–water partition coefficient (Wildman–Crippen LogP) is 0.699. The highest BCUT2D eigenvalue weighted by Crippen LogP contribution is 1.73. The van der Waals surface area contributed by atoms with Crippen molar-refractivity contribution in [3.8, 4) is 0 Å². The number of aliphatic hydroxyl groups excluding tert-OH is 1. The van der Waals surface area contributed by atoms with Crippen molar-refractivity contribution >= 4 is 5.97 Å². The van der Waals surface area contributed by atoms with Crippen LogP contribution in [-0.4, -0.2) is 16.2 Å². The van der Waals surface area contributed by atoms with Crippen LogP contribution in [0.2, 0.25) is 0 Å². The summed E-state index contributed by atoms with van der Waals surface area (Å²) < 4.78 is 0. The Morgan fingerprint density at radius 3 is 2.38 bits per heavy atom. The quantitative estimate of drug-likeness (QED) is 0.315. The van der Waals surface area contributed by atoms with Crippen molar-refractivity contribution in [3.63, 3.8) is 0 Å². The van der Waals surface area contributed by atoms with Crippen molar-refractivity contribution in [2.24, 2.45) is 0 Å². The zero-order valence-electron chi connectivity index (χ0n) is 4.11. The normalized spacial score (nSPS) is 11.0. The van der Waals surface area contributed by atoms with E-state index in [2.05, 4.69) is 0 Å². The van der Waals surface area contributed by atoms with Crippen molar-refractivity contribution in [1.29, 1.82) is 0 Å². The maximum absolute atomic E-state index is 9.67. The molecule has 0 heterocycles. The van der Waals surface area contributed by atoms with Gasteiger partial charge < -0.3 is 10.2 Å². The lowest BCUT2D eigenvalue weighted by Gasteiger charge is -1.71. The van der Waals surface area contributed by atoms with Gasteiger partial charge in [0.05, 0.1) is 6.26 Å². The van der Waals surface area contributed by atoms with Gasteiger partial charge in [-0.1, -0.05) is 6.08 Å². The summed E-state index contributed by atoms with van der Waals surface area (Å²) in [5.41, 5.74) is 0. The van der Waals surface area contributed by atoms with Crippen LogP contribution in [0.3, 0.4) is 0 Å². The van der Waals surface area contributed by atoms with E-state index < -0.39 is 5.97 Å². The van der Waals surface area contributed by atoms with Crippen molar-refractivity contribution < 1.29 is 15.0 Å². The number of aliphatic carboxylic acids is 1. The fourth-order valence-electron chi connectivity index (χ4n) is 0.188. The molecule has 0 rings (SSSR count). The molecule has 2 N–H and O–H groups in total. The monoisotopic (exact) mass is 114 g/mol. The maximum Gasteiger partial charge on any atom is 0.328 e. The number of hydrogen-bond acceptors (Lipinski definition) is 2. The Kier molecular flexibility index (Phi) is 3.31. The number of carboxylic acid groups (broad SMARTS) is 1. The fraction of sp³-hybridized carbons (Fsp3) is 0. The van der Waals surface area contributed by atoms with Crippen LogP contribution in [-0.2, 0) is 4.79 Å². The average molecular weight is 114 g/mol. The first-order chi connectivity index (χ1) is 3.77. The summed E-state index contributed by atoms with van der Waals surface area (Å²) in [6.07, 6.45) is 4.13. The van der Waals surface area contributed by atoms with Gasteiger partial charge in [0, 0.05) is 6.08 Å². The minimum atomic E-state index is -1.02. The molecule has 0 aromatic rings. The van der Waals surface area contributed by atoms with Crippen LogP contribution in [0.15, 0.2) is 24.5 Å². The molecular weight excluding hydrogens is 108 g/mol. The van der Waals surface area contributed by atoms with Gasteiger partial charge in [0.2, 0.25) is 0 Å². The van der Waals surface area contributed by atoms with Crippen LogP contribution in [0.25, 0.3) is 0 Å². The van der Waals surface area contributed by atoms with Crippen LogP contribution in [0.5, 0.6) is 0 Å². The third-order valence-electron chi connectivity index (χ3n) is 0.436. The van der Waals surface area contributed by atoms with Gasteiger partial charge in [0.1, 0.15) is 0 Å². The van der Waals surface area contributed by atoms with Crippen molar-refractivity contribution in [2.45, 2.75) is 0 Å². The van der Waals surface area contributed by atoms with Gasteiger partial charge in [0.15, 0.2) is 0 Å². The smallest absolute Gasteiger partial charge is 0.328 e. The highest BCUT2D eigenvalue weighted by atomic mass is 16.4. The molecule has 0 bridgehead atoms. The Hall–Kier alpha value is -1.25. The highest BCUT2D eigenvalue weighted by molar-refractivity contribution is 5.80. The van der Waals surface area contributed by atoms with Gasteiger partial charge >= 0.3 is 5.97 Å². The fourth-order valence-corrected chi connectivity index (χ4v) is 0.188.